The number of nitrogens with zero attached hydrogens (tertiary/aromatic N) is 3. The zero-order valence-electron chi connectivity index (χ0n) is 15.1. The quantitative estimate of drug-likeness (QED) is 0.628. The van der Waals surface area contributed by atoms with E-state index in [2.05, 4.69) is 5.32 Å². The van der Waals surface area contributed by atoms with Gasteiger partial charge in [-0.1, -0.05) is 12.1 Å². The maximum absolute atomic E-state index is 13.1. The van der Waals surface area contributed by atoms with Crippen molar-refractivity contribution in [1.82, 2.24) is 5.32 Å². The van der Waals surface area contributed by atoms with Crippen molar-refractivity contribution in [3.05, 3.63) is 69.5 Å². The zero-order chi connectivity index (χ0) is 20.1. The Kier molecular flexibility index (Phi) is 5.84. The van der Waals surface area contributed by atoms with Crippen LogP contribution in [0.2, 0.25) is 0 Å². The van der Waals surface area contributed by atoms with Crippen molar-refractivity contribution in [2.45, 2.75) is 25.3 Å². The van der Waals surface area contributed by atoms with Crippen LogP contribution < -0.4 is 10.2 Å². The molecule has 1 heterocycles. The second-order valence-corrected chi connectivity index (χ2v) is 6.60. The molecule has 0 unspecified atom stereocenters. The van der Waals surface area contributed by atoms with Gasteiger partial charge in [-0.3, -0.25) is 14.9 Å². The first-order valence-electron chi connectivity index (χ1n) is 8.99. The summed E-state index contributed by atoms with van der Waals surface area (Å²) in [7, 11) is 0. The molecule has 28 heavy (non-hydrogen) atoms. The van der Waals surface area contributed by atoms with Gasteiger partial charge in [0, 0.05) is 24.7 Å². The van der Waals surface area contributed by atoms with E-state index < -0.39 is 22.7 Å². The molecule has 0 aliphatic carbocycles. The van der Waals surface area contributed by atoms with E-state index in [1.165, 1.54) is 36.4 Å². The zero-order valence-corrected chi connectivity index (χ0v) is 15.1. The molecule has 7 nitrogen and oxygen atoms in total. The molecule has 0 radical (unpaired) electrons. The Morgan fingerprint density at radius 3 is 2.46 bits per heavy atom. The molecule has 1 amide bonds. The molecule has 0 spiro atoms. The Bertz CT molecular complexity index is 918. The van der Waals surface area contributed by atoms with Gasteiger partial charge in [-0.2, -0.15) is 5.26 Å². The molecule has 1 fully saturated rings. The highest BCUT2D eigenvalue weighted by molar-refractivity contribution is 5.96. The van der Waals surface area contributed by atoms with Crippen LogP contribution in [0.25, 0.3) is 0 Å². The van der Waals surface area contributed by atoms with Crippen LogP contribution in [-0.4, -0.2) is 23.9 Å². The molecule has 0 saturated carbocycles. The number of nitriles is 1. The number of hydrogen-bond donors (Lipinski definition) is 1. The van der Waals surface area contributed by atoms with E-state index in [1.54, 1.807) is 6.07 Å². The van der Waals surface area contributed by atoms with Gasteiger partial charge in [0.15, 0.2) is 0 Å². The van der Waals surface area contributed by atoms with E-state index in [0.717, 1.165) is 32.4 Å². The number of nitro benzene ring substituents is 1. The Hall–Kier alpha value is -3.47. The monoisotopic (exact) mass is 382 g/mol. The summed E-state index contributed by atoms with van der Waals surface area (Å²) in [4.78, 5) is 25.5. The fourth-order valence-corrected chi connectivity index (χ4v) is 3.27. The lowest BCUT2D eigenvalue weighted by atomic mass is 10.1. The van der Waals surface area contributed by atoms with Crippen LogP contribution in [0.3, 0.4) is 0 Å². The Morgan fingerprint density at radius 1 is 1.18 bits per heavy atom. The summed E-state index contributed by atoms with van der Waals surface area (Å²) in [5.74, 6) is -1.06. The lowest BCUT2D eigenvalue weighted by Gasteiger charge is -2.28. The van der Waals surface area contributed by atoms with Crippen molar-refractivity contribution in [2.24, 2.45) is 0 Å². The van der Waals surface area contributed by atoms with Gasteiger partial charge in [0.05, 0.1) is 11.0 Å². The predicted octanol–water partition coefficient (Wildman–Crippen LogP) is 3.72. The second-order valence-electron chi connectivity index (χ2n) is 6.60. The summed E-state index contributed by atoms with van der Waals surface area (Å²) in [6.07, 6.45) is 3.05. The molecule has 0 aromatic heterocycles. The van der Waals surface area contributed by atoms with Crippen LogP contribution in [0, 0.1) is 27.3 Å². The molecule has 1 aliphatic heterocycles. The molecule has 2 aromatic rings. The number of nitro groups is 1. The third kappa shape index (κ3) is 4.26. The molecule has 1 atom stereocenters. The number of carbonyl (C=O) groups is 1. The van der Waals surface area contributed by atoms with Gasteiger partial charge in [0.1, 0.15) is 17.5 Å². The average Bonchev–Trinajstić information content (AvgIpc) is 2.72. The van der Waals surface area contributed by atoms with Crippen LogP contribution in [0.1, 0.15) is 41.2 Å². The number of benzene rings is 2. The van der Waals surface area contributed by atoms with E-state index in [0.29, 0.717) is 11.3 Å². The first-order valence-corrected chi connectivity index (χ1v) is 8.99. The number of amides is 1. The van der Waals surface area contributed by atoms with Gasteiger partial charge in [-0.05, 0) is 49.1 Å². The molecule has 144 valence electrons. The number of nitrogens with one attached hydrogen (secondary N) is 1. The fourth-order valence-electron chi connectivity index (χ4n) is 3.27. The van der Waals surface area contributed by atoms with E-state index in [4.69, 9.17) is 0 Å². The molecular weight excluding hydrogens is 363 g/mol. The van der Waals surface area contributed by atoms with Gasteiger partial charge < -0.3 is 10.2 Å². The summed E-state index contributed by atoms with van der Waals surface area (Å²) in [5.41, 5.74) is 0.882. The fraction of sp³-hybridized carbons (Fsp3) is 0.300. The summed E-state index contributed by atoms with van der Waals surface area (Å²) in [6.45, 7) is 1.49. The minimum Gasteiger partial charge on any atom is -0.366 e. The molecule has 3 rings (SSSR count). The van der Waals surface area contributed by atoms with E-state index in [9.17, 15) is 24.6 Å². The molecule has 8 heteroatoms. The summed E-state index contributed by atoms with van der Waals surface area (Å²) in [6, 6.07) is 10.5. The Labute approximate surface area is 161 Å². The largest absolute Gasteiger partial charge is 0.366 e. The smallest absolute Gasteiger partial charge is 0.293 e. The SMILES string of the molecule is N#C[C@@H](NC(=O)c1ccc(N2CCCCC2)c([N+](=O)[O-])c1)c1ccc(F)cc1. The van der Waals surface area contributed by atoms with E-state index >= 15 is 0 Å². The minimum atomic E-state index is -0.992. The predicted molar refractivity (Wildman–Crippen MR) is 101 cm³/mol. The van der Waals surface area contributed by atoms with E-state index in [1.807, 2.05) is 11.0 Å². The molecular formula is C20H19FN4O3. The highest BCUT2D eigenvalue weighted by Gasteiger charge is 2.24. The molecule has 2 aromatic carbocycles. The number of hydrogen-bond acceptors (Lipinski definition) is 5. The molecule has 1 N–H and O–H groups in total. The van der Waals surface area contributed by atoms with E-state index in [-0.39, 0.29) is 11.3 Å². The van der Waals surface area contributed by atoms with Crippen molar-refractivity contribution < 1.29 is 14.1 Å². The standard InChI is InChI=1S/C20H19FN4O3/c21-16-7-4-14(5-8-16)17(13-22)23-20(26)15-6-9-18(19(12-15)25(27)28)24-10-2-1-3-11-24/h4-9,12,17H,1-3,10-11H2,(H,23,26)/t17-/m1/s1. The van der Waals surface area contributed by atoms with Gasteiger partial charge in [-0.15, -0.1) is 0 Å². The first kappa shape index (κ1) is 19.3. The number of halogens is 1. The third-order valence-corrected chi connectivity index (χ3v) is 4.74. The van der Waals surface area contributed by atoms with Crippen molar-refractivity contribution in [2.75, 3.05) is 18.0 Å². The molecule has 0 bridgehead atoms. The van der Waals surface area contributed by atoms with Crippen molar-refractivity contribution >= 4 is 17.3 Å². The highest BCUT2D eigenvalue weighted by Crippen LogP contribution is 2.31. The van der Waals surface area contributed by atoms with Gasteiger partial charge in [0.25, 0.3) is 11.6 Å². The highest BCUT2D eigenvalue weighted by atomic mass is 19.1. The van der Waals surface area contributed by atoms with Crippen LogP contribution >= 0.6 is 0 Å². The summed E-state index contributed by atoms with van der Waals surface area (Å²) >= 11 is 0. The number of piperidine rings is 1. The van der Waals surface area contributed by atoms with Crippen LogP contribution in [0.15, 0.2) is 42.5 Å². The number of anilines is 1. The Morgan fingerprint density at radius 2 is 1.86 bits per heavy atom. The number of rotatable bonds is 5. The average molecular weight is 382 g/mol. The lowest BCUT2D eigenvalue weighted by molar-refractivity contribution is -0.384. The van der Waals surface area contributed by atoms with Crippen molar-refractivity contribution in [1.29, 1.82) is 5.26 Å². The van der Waals surface area contributed by atoms with Crippen LogP contribution in [0.5, 0.6) is 0 Å². The van der Waals surface area contributed by atoms with Crippen LogP contribution in [-0.2, 0) is 0 Å². The van der Waals surface area contributed by atoms with Gasteiger partial charge in [-0.25, -0.2) is 4.39 Å². The summed E-state index contributed by atoms with van der Waals surface area (Å²) in [5, 5.41) is 23.4. The first-order chi connectivity index (χ1) is 13.5. The maximum Gasteiger partial charge on any atom is 0.293 e. The molecule has 1 aliphatic rings. The normalized spacial score (nSPS) is 14.8. The second kappa shape index (κ2) is 8.48. The summed E-state index contributed by atoms with van der Waals surface area (Å²) < 4.78 is 13.1. The maximum atomic E-state index is 13.1. The lowest BCUT2D eigenvalue weighted by Crippen LogP contribution is -2.30. The Balaban J connectivity index is 1.83. The molecule has 1 saturated heterocycles. The third-order valence-electron chi connectivity index (χ3n) is 4.74. The topological polar surface area (TPSA) is 99.3 Å². The van der Waals surface area contributed by atoms with Gasteiger partial charge >= 0.3 is 0 Å². The van der Waals surface area contributed by atoms with Crippen molar-refractivity contribution in [3.8, 4) is 6.07 Å². The van der Waals surface area contributed by atoms with Crippen LogP contribution in [0.4, 0.5) is 15.8 Å². The van der Waals surface area contributed by atoms with Gasteiger partial charge in [0.2, 0.25) is 0 Å². The number of carbonyl (C=O) groups excluding carboxylic acids is 1. The van der Waals surface area contributed by atoms with Crippen molar-refractivity contribution in [3.63, 3.8) is 0 Å². The minimum absolute atomic E-state index is 0.0924.